The molecule has 3 N–H and O–H groups in total. The number of nitrogens with zero attached hydrogens (tertiary/aromatic N) is 3. The van der Waals surface area contributed by atoms with Gasteiger partial charge in [-0.05, 0) is 39.7 Å². The second kappa shape index (κ2) is 11.8. The first-order valence-corrected chi connectivity index (χ1v) is 9.28. The van der Waals surface area contributed by atoms with Gasteiger partial charge in [-0.15, -0.1) is 24.0 Å². The third kappa shape index (κ3) is 7.55. The van der Waals surface area contributed by atoms with Gasteiger partial charge in [0, 0.05) is 31.7 Å². The number of likely N-dealkylation sites (tertiary alicyclic amines) is 1. The van der Waals surface area contributed by atoms with Crippen LogP contribution >= 0.6 is 24.0 Å². The topological polar surface area (TPSA) is 83.2 Å². The number of hydrogen-bond donors (Lipinski definition) is 2. The molecule has 0 aromatic heterocycles. The van der Waals surface area contributed by atoms with E-state index in [-0.39, 0.29) is 36.1 Å². The molecule has 0 spiro atoms. The lowest BCUT2D eigenvalue weighted by atomic mass is 10.1. The minimum absolute atomic E-state index is 0. The molecule has 25 heavy (non-hydrogen) atoms. The zero-order chi connectivity index (χ0) is 17.4. The van der Waals surface area contributed by atoms with E-state index in [9.17, 15) is 4.79 Å². The highest BCUT2D eigenvalue weighted by atomic mass is 127. The molecule has 7 nitrogen and oxygen atoms in total. The summed E-state index contributed by atoms with van der Waals surface area (Å²) in [7, 11) is 2.18. The molecule has 1 amide bonds. The standard InChI is InChI=1S/C17H33N5O2.HI/c1-3-24-17(23)22-11-8-14(9-12-22)20-16(18)19-10-13-21(2)15-6-4-5-7-15;/h14-15H,3-13H2,1-2H3,(H3,18,19,20);1H. The predicted octanol–water partition coefficient (Wildman–Crippen LogP) is 2.00. The highest BCUT2D eigenvalue weighted by Gasteiger charge is 2.23. The number of hydrogen-bond acceptors (Lipinski definition) is 4. The molecular weight excluding hydrogens is 433 g/mol. The van der Waals surface area contributed by atoms with Crippen LogP contribution in [0.3, 0.4) is 0 Å². The summed E-state index contributed by atoms with van der Waals surface area (Å²) >= 11 is 0. The number of piperidine rings is 1. The minimum Gasteiger partial charge on any atom is -0.450 e. The molecule has 2 fully saturated rings. The fraction of sp³-hybridized carbons (Fsp3) is 0.882. The lowest BCUT2D eigenvalue weighted by Gasteiger charge is -2.31. The van der Waals surface area contributed by atoms with Crippen LogP contribution in [0.15, 0.2) is 4.99 Å². The molecule has 0 aromatic rings. The quantitative estimate of drug-likeness (QED) is 0.355. The molecule has 0 bridgehead atoms. The van der Waals surface area contributed by atoms with Gasteiger partial charge in [0.1, 0.15) is 0 Å². The molecule has 1 aliphatic heterocycles. The monoisotopic (exact) mass is 467 g/mol. The summed E-state index contributed by atoms with van der Waals surface area (Å²) in [4.78, 5) is 20.3. The van der Waals surface area contributed by atoms with E-state index < -0.39 is 0 Å². The first-order chi connectivity index (χ1) is 11.6. The molecule has 2 aliphatic rings. The Labute approximate surface area is 168 Å². The fourth-order valence-electron chi connectivity index (χ4n) is 3.53. The maximum Gasteiger partial charge on any atom is 0.409 e. The van der Waals surface area contributed by atoms with Crippen LogP contribution < -0.4 is 11.1 Å². The lowest BCUT2D eigenvalue weighted by Crippen LogP contribution is -2.48. The van der Waals surface area contributed by atoms with Gasteiger partial charge in [0.05, 0.1) is 13.2 Å². The molecule has 1 heterocycles. The average Bonchev–Trinajstić information content (AvgIpc) is 3.10. The maximum absolute atomic E-state index is 11.7. The number of carbonyl (C=O) groups is 1. The average molecular weight is 467 g/mol. The number of rotatable bonds is 6. The van der Waals surface area contributed by atoms with Gasteiger partial charge in [-0.2, -0.15) is 0 Å². The summed E-state index contributed by atoms with van der Waals surface area (Å²) < 4.78 is 5.03. The SMILES string of the molecule is CCOC(=O)N1CCC(NC(N)=NCCN(C)C2CCCC2)CC1.I. The molecule has 0 aromatic carbocycles. The van der Waals surface area contributed by atoms with Crippen molar-refractivity contribution in [3.05, 3.63) is 0 Å². The third-order valence-corrected chi connectivity index (χ3v) is 5.06. The first-order valence-electron chi connectivity index (χ1n) is 9.28. The number of nitrogens with two attached hydrogens (primary N) is 1. The molecular formula is C17H34IN5O2. The third-order valence-electron chi connectivity index (χ3n) is 5.06. The smallest absolute Gasteiger partial charge is 0.409 e. The Morgan fingerprint density at radius 3 is 2.52 bits per heavy atom. The highest BCUT2D eigenvalue weighted by Crippen LogP contribution is 2.21. The van der Waals surface area contributed by atoms with Crippen molar-refractivity contribution in [2.45, 2.75) is 57.5 Å². The van der Waals surface area contributed by atoms with Crippen LogP contribution in [0.4, 0.5) is 4.79 Å². The Kier molecular flexibility index (Phi) is 10.5. The molecule has 8 heteroatoms. The summed E-state index contributed by atoms with van der Waals surface area (Å²) in [5, 5.41) is 3.28. The molecule has 0 unspecified atom stereocenters. The van der Waals surface area contributed by atoms with E-state index >= 15 is 0 Å². The van der Waals surface area contributed by atoms with Crippen LogP contribution in [0.2, 0.25) is 0 Å². The van der Waals surface area contributed by atoms with E-state index in [1.165, 1.54) is 25.7 Å². The number of ether oxygens (including phenoxy) is 1. The van der Waals surface area contributed by atoms with Crippen LogP contribution in [0.25, 0.3) is 0 Å². The van der Waals surface area contributed by atoms with Crippen molar-refractivity contribution in [2.75, 3.05) is 39.8 Å². The zero-order valence-corrected chi connectivity index (χ0v) is 17.9. The van der Waals surface area contributed by atoms with Crippen LogP contribution in [0.1, 0.15) is 45.4 Å². The van der Waals surface area contributed by atoms with Crippen molar-refractivity contribution >= 4 is 36.0 Å². The largest absolute Gasteiger partial charge is 0.450 e. The van der Waals surface area contributed by atoms with Gasteiger partial charge in [0.25, 0.3) is 0 Å². The Morgan fingerprint density at radius 1 is 1.28 bits per heavy atom. The van der Waals surface area contributed by atoms with Gasteiger partial charge < -0.3 is 25.6 Å². The Balaban J connectivity index is 0.00000312. The summed E-state index contributed by atoms with van der Waals surface area (Å²) in [5.74, 6) is 0.518. The molecule has 2 rings (SSSR count). The van der Waals surface area contributed by atoms with E-state index in [1.54, 1.807) is 4.90 Å². The number of amides is 1. The van der Waals surface area contributed by atoms with Gasteiger partial charge in [-0.1, -0.05) is 12.8 Å². The zero-order valence-electron chi connectivity index (χ0n) is 15.6. The first kappa shape index (κ1) is 22.3. The van der Waals surface area contributed by atoms with E-state index in [0.29, 0.717) is 25.7 Å². The van der Waals surface area contributed by atoms with E-state index in [1.807, 2.05) is 6.92 Å². The van der Waals surface area contributed by atoms with Crippen molar-refractivity contribution in [2.24, 2.45) is 10.7 Å². The molecule has 1 aliphatic carbocycles. The van der Waals surface area contributed by atoms with Crippen molar-refractivity contribution in [3.8, 4) is 0 Å². The number of guanidine groups is 1. The second-order valence-electron chi connectivity index (χ2n) is 6.79. The van der Waals surface area contributed by atoms with Crippen LogP contribution in [0, 0.1) is 0 Å². The van der Waals surface area contributed by atoms with Crippen LogP contribution in [0.5, 0.6) is 0 Å². The van der Waals surface area contributed by atoms with Crippen molar-refractivity contribution in [3.63, 3.8) is 0 Å². The van der Waals surface area contributed by atoms with E-state index in [4.69, 9.17) is 10.5 Å². The van der Waals surface area contributed by atoms with Gasteiger partial charge in [0.2, 0.25) is 0 Å². The number of halogens is 1. The van der Waals surface area contributed by atoms with Gasteiger partial charge in [-0.3, -0.25) is 4.99 Å². The van der Waals surface area contributed by atoms with E-state index in [0.717, 1.165) is 32.0 Å². The van der Waals surface area contributed by atoms with Crippen LogP contribution in [-0.4, -0.2) is 73.8 Å². The van der Waals surface area contributed by atoms with Crippen molar-refractivity contribution < 1.29 is 9.53 Å². The summed E-state index contributed by atoms with van der Waals surface area (Å²) in [6.07, 6.45) is 6.86. The van der Waals surface area contributed by atoms with E-state index in [2.05, 4.69) is 22.3 Å². The normalized spacial score (nSPS) is 19.8. The minimum atomic E-state index is -0.215. The molecule has 146 valence electrons. The number of likely N-dealkylation sites (N-methyl/N-ethyl adjacent to an activating group) is 1. The fourth-order valence-corrected chi connectivity index (χ4v) is 3.53. The van der Waals surface area contributed by atoms with Crippen LogP contribution in [-0.2, 0) is 4.74 Å². The molecule has 0 radical (unpaired) electrons. The highest BCUT2D eigenvalue weighted by molar-refractivity contribution is 14.0. The second-order valence-corrected chi connectivity index (χ2v) is 6.79. The van der Waals surface area contributed by atoms with Gasteiger partial charge in [0.15, 0.2) is 5.96 Å². The van der Waals surface area contributed by atoms with Gasteiger partial charge >= 0.3 is 6.09 Å². The molecule has 1 saturated carbocycles. The Bertz CT molecular complexity index is 421. The summed E-state index contributed by atoms with van der Waals surface area (Å²) in [5.41, 5.74) is 6.00. The Hall–Kier alpha value is -0.770. The van der Waals surface area contributed by atoms with Gasteiger partial charge in [-0.25, -0.2) is 4.79 Å². The summed E-state index contributed by atoms with van der Waals surface area (Å²) in [6, 6.07) is 1.01. The maximum atomic E-state index is 11.7. The molecule has 0 atom stereocenters. The van der Waals surface area contributed by atoms with Crippen molar-refractivity contribution in [1.82, 2.24) is 15.1 Å². The number of nitrogens with one attached hydrogen (secondary N) is 1. The molecule has 1 saturated heterocycles. The van der Waals surface area contributed by atoms with Crippen molar-refractivity contribution in [1.29, 1.82) is 0 Å². The lowest BCUT2D eigenvalue weighted by molar-refractivity contribution is 0.0963. The Morgan fingerprint density at radius 2 is 1.92 bits per heavy atom. The number of aliphatic imine (C=N–C) groups is 1. The predicted molar refractivity (Wildman–Crippen MR) is 112 cm³/mol. The number of carbonyl (C=O) groups excluding carboxylic acids is 1. The summed E-state index contributed by atoms with van der Waals surface area (Å²) in [6.45, 7) is 5.34.